The minimum Gasteiger partial charge on any atom is -0.340 e. The first kappa shape index (κ1) is 24.6. The highest BCUT2D eigenvalue weighted by Gasteiger charge is 2.33. The number of halogens is 1. The van der Waals surface area contributed by atoms with E-state index in [0.29, 0.717) is 12.0 Å². The second-order valence-electron chi connectivity index (χ2n) is 8.27. The molecule has 9 heteroatoms. The van der Waals surface area contributed by atoms with Crippen molar-refractivity contribution in [3.63, 3.8) is 0 Å². The number of nitrogens with zero attached hydrogens (tertiary/aromatic N) is 2. The molecular weight excluding hydrogens is 469 g/mol. The van der Waals surface area contributed by atoms with Gasteiger partial charge in [-0.1, -0.05) is 54.6 Å². The predicted octanol–water partition coefficient (Wildman–Crippen LogP) is 2.70. The van der Waals surface area contributed by atoms with Crippen molar-refractivity contribution in [2.75, 3.05) is 26.2 Å². The SMILES string of the molecule is O=C(NC(Cc1ccccc1)C(=O)N1CCN(S(=O)(=O)c2cccc(F)c2)CC1)c1ccccc1. The number of rotatable bonds is 7. The Morgan fingerprint density at radius 1 is 0.857 bits per heavy atom. The normalized spacial score (nSPS) is 15.4. The zero-order valence-corrected chi connectivity index (χ0v) is 19.8. The molecule has 0 radical (unpaired) electrons. The van der Waals surface area contributed by atoms with E-state index in [1.807, 2.05) is 30.3 Å². The van der Waals surface area contributed by atoms with Crippen LogP contribution in [0, 0.1) is 5.82 Å². The van der Waals surface area contributed by atoms with Gasteiger partial charge in [-0.25, -0.2) is 12.8 Å². The molecule has 0 aromatic heterocycles. The van der Waals surface area contributed by atoms with Crippen molar-refractivity contribution >= 4 is 21.8 Å². The van der Waals surface area contributed by atoms with Crippen LogP contribution in [0.25, 0.3) is 0 Å². The maximum absolute atomic E-state index is 13.6. The van der Waals surface area contributed by atoms with Gasteiger partial charge in [0.15, 0.2) is 0 Å². The first-order chi connectivity index (χ1) is 16.8. The van der Waals surface area contributed by atoms with Crippen LogP contribution in [0.5, 0.6) is 0 Å². The molecule has 1 fully saturated rings. The van der Waals surface area contributed by atoms with E-state index >= 15 is 0 Å². The Kier molecular flexibility index (Phi) is 7.57. The average Bonchev–Trinajstić information content (AvgIpc) is 2.89. The molecule has 1 saturated heterocycles. The van der Waals surface area contributed by atoms with Crippen LogP contribution in [-0.4, -0.2) is 61.7 Å². The van der Waals surface area contributed by atoms with Crippen molar-refractivity contribution in [1.82, 2.24) is 14.5 Å². The van der Waals surface area contributed by atoms with Crippen LogP contribution in [-0.2, 0) is 21.2 Å². The van der Waals surface area contributed by atoms with E-state index in [1.54, 1.807) is 35.2 Å². The second-order valence-corrected chi connectivity index (χ2v) is 10.2. The molecule has 1 N–H and O–H groups in total. The van der Waals surface area contributed by atoms with Crippen LogP contribution in [0.15, 0.2) is 89.8 Å². The van der Waals surface area contributed by atoms with Crippen LogP contribution in [0.3, 0.4) is 0 Å². The standard InChI is InChI=1S/C26H26FN3O4S/c27-22-12-7-13-23(19-22)35(33,34)30-16-14-29(15-17-30)26(32)24(18-20-8-3-1-4-9-20)28-25(31)21-10-5-2-6-11-21/h1-13,19,24H,14-18H2,(H,28,31). The summed E-state index contributed by atoms with van der Waals surface area (Å²) in [5, 5.41) is 2.85. The summed E-state index contributed by atoms with van der Waals surface area (Å²) >= 11 is 0. The van der Waals surface area contributed by atoms with Crippen molar-refractivity contribution in [2.24, 2.45) is 0 Å². The van der Waals surface area contributed by atoms with E-state index in [4.69, 9.17) is 0 Å². The lowest BCUT2D eigenvalue weighted by Crippen LogP contribution is -2.56. The molecule has 0 aliphatic carbocycles. The van der Waals surface area contributed by atoms with Crippen molar-refractivity contribution in [2.45, 2.75) is 17.4 Å². The molecule has 1 heterocycles. The fourth-order valence-electron chi connectivity index (χ4n) is 4.03. The Bertz CT molecular complexity index is 1280. The van der Waals surface area contributed by atoms with Gasteiger partial charge in [0, 0.05) is 38.2 Å². The van der Waals surface area contributed by atoms with Gasteiger partial charge in [0.05, 0.1) is 4.90 Å². The maximum atomic E-state index is 13.6. The van der Waals surface area contributed by atoms with Crippen LogP contribution < -0.4 is 5.32 Å². The summed E-state index contributed by atoms with van der Waals surface area (Å²) in [6, 6.07) is 22.1. The molecule has 1 unspecified atom stereocenters. The van der Waals surface area contributed by atoms with E-state index in [-0.39, 0.29) is 42.9 Å². The number of carbonyl (C=O) groups excluding carboxylic acids is 2. The minimum absolute atomic E-state index is 0.0786. The maximum Gasteiger partial charge on any atom is 0.251 e. The Morgan fingerprint density at radius 3 is 2.11 bits per heavy atom. The molecular formula is C26H26FN3O4S. The zero-order chi connectivity index (χ0) is 24.8. The van der Waals surface area contributed by atoms with Gasteiger partial charge in [0.1, 0.15) is 11.9 Å². The van der Waals surface area contributed by atoms with E-state index in [2.05, 4.69) is 5.32 Å². The minimum atomic E-state index is -3.87. The van der Waals surface area contributed by atoms with Gasteiger partial charge in [0.25, 0.3) is 5.91 Å². The Labute approximate surface area is 204 Å². The Hall–Kier alpha value is -3.56. The third-order valence-electron chi connectivity index (χ3n) is 5.91. The smallest absolute Gasteiger partial charge is 0.251 e. The van der Waals surface area contributed by atoms with Crippen LogP contribution in [0.1, 0.15) is 15.9 Å². The molecule has 35 heavy (non-hydrogen) atoms. The monoisotopic (exact) mass is 495 g/mol. The van der Waals surface area contributed by atoms with Crippen LogP contribution >= 0.6 is 0 Å². The van der Waals surface area contributed by atoms with Crippen LogP contribution in [0.2, 0.25) is 0 Å². The Morgan fingerprint density at radius 2 is 1.49 bits per heavy atom. The zero-order valence-electron chi connectivity index (χ0n) is 19.0. The summed E-state index contributed by atoms with van der Waals surface area (Å²) in [6.45, 7) is 0.490. The molecule has 3 aromatic carbocycles. The molecule has 0 spiro atoms. The first-order valence-electron chi connectivity index (χ1n) is 11.3. The fourth-order valence-corrected chi connectivity index (χ4v) is 5.48. The van der Waals surface area contributed by atoms with Gasteiger partial charge in [-0.05, 0) is 35.9 Å². The average molecular weight is 496 g/mol. The molecule has 4 rings (SSSR count). The van der Waals surface area contributed by atoms with Gasteiger partial charge >= 0.3 is 0 Å². The number of amides is 2. The largest absolute Gasteiger partial charge is 0.340 e. The predicted molar refractivity (Wildman–Crippen MR) is 130 cm³/mol. The summed E-state index contributed by atoms with van der Waals surface area (Å²) in [5.74, 6) is -1.26. The molecule has 2 amide bonds. The number of benzene rings is 3. The van der Waals surface area contributed by atoms with Crippen LogP contribution in [0.4, 0.5) is 4.39 Å². The molecule has 1 atom stereocenters. The van der Waals surface area contributed by atoms with E-state index in [1.165, 1.54) is 22.5 Å². The lowest BCUT2D eigenvalue weighted by molar-refractivity contribution is -0.134. The lowest BCUT2D eigenvalue weighted by Gasteiger charge is -2.36. The molecule has 0 bridgehead atoms. The number of piperazine rings is 1. The molecule has 3 aromatic rings. The van der Waals surface area contributed by atoms with Crippen molar-refractivity contribution in [3.8, 4) is 0 Å². The van der Waals surface area contributed by atoms with E-state index in [9.17, 15) is 22.4 Å². The molecule has 7 nitrogen and oxygen atoms in total. The topological polar surface area (TPSA) is 86.8 Å². The van der Waals surface area contributed by atoms with E-state index < -0.39 is 21.9 Å². The highest BCUT2D eigenvalue weighted by atomic mass is 32.2. The van der Waals surface area contributed by atoms with Gasteiger partial charge in [0.2, 0.25) is 15.9 Å². The highest BCUT2D eigenvalue weighted by molar-refractivity contribution is 7.89. The summed E-state index contributed by atoms with van der Waals surface area (Å²) < 4.78 is 40.6. The quantitative estimate of drug-likeness (QED) is 0.546. The molecule has 182 valence electrons. The summed E-state index contributed by atoms with van der Waals surface area (Å²) in [4.78, 5) is 27.7. The van der Waals surface area contributed by atoms with Crippen molar-refractivity contribution in [3.05, 3.63) is 102 Å². The second kappa shape index (κ2) is 10.8. The van der Waals surface area contributed by atoms with Gasteiger partial charge in [-0.15, -0.1) is 0 Å². The third kappa shape index (κ3) is 5.93. The summed E-state index contributed by atoms with van der Waals surface area (Å²) in [7, 11) is -3.87. The lowest BCUT2D eigenvalue weighted by atomic mass is 10.0. The molecule has 1 aliphatic rings. The van der Waals surface area contributed by atoms with Crippen molar-refractivity contribution in [1.29, 1.82) is 0 Å². The number of sulfonamides is 1. The van der Waals surface area contributed by atoms with Gasteiger partial charge < -0.3 is 10.2 Å². The molecule has 1 aliphatic heterocycles. The van der Waals surface area contributed by atoms with Gasteiger partial charge in [-0.3, -0.25) is 9.59 Å². The molecule has 0 saturated carbocycles. The number of carbonyl (C=O) groups is 2. The van der Waals surface area contributed by atoms with Gasteiger partial charge in [-0.2, -0.15) is 4.31 Å². The summed E-state index contributed by atoms with van der Waals surface area (Å²) in [5.41, 5.74) is 1.34. The fraction of sp³-hybridized carbons (Fsp3) is 0.231. The third-order valence-corrected chi connectivity index (χ3v) is 7.80. The Balaban J connectivity index is 1.47. The highest BCUT2D eigenvalue weighted by Crippen LogP contribution is 2.19. The number of hydrogen-bond acceptors (Lipinski definition) is 4. The number of nitrogens with one attached hydrogen (secondary N) is 1. The van der Waals surface area contributed by atoms with E-state index in [0.717, 1.165) is 11.6 Å². The van der Waals surface area contributed by atoms with Crippen molar-refractivity contribution < 1.29 is 22.4 Å². The number of hydrogen-bond donors (Lipinski definition) is 1. The first-order valence-corrected chi connectivity index (χ1v) is 12.7. The summed E-state index contributed by atoms with van der Waals surface area (Å²) in [6.07, 6.45) is 0.306.